The Labute approximate surface area is 119 Å². The normalized spacial score (nSPS) is 11.1. The summed E-state index contributed by atoms with van der Waals surface area (Å²) in [6.45, 7) is 4.22. The Morgan fingerprint density at radius 2 is 1.71 bits per heavy atom. The van der Waals surface area contributed by atoms with Crippen LogP contribution in [0.15, 0.2) is 12.1 Å². The molecule has 8 heteroatoms. The van der Waals surface area contributed by atoms with Crippen LogP contribution < -0.4 is 5.32 Å². The highest BCUT2D eigenvalue weighted by Gasteiger charge is 2.37. The van der Waals surface area contributed by atoms with Crippen molar-refractivity contribution >= 4 is 17.7 Å². The number of likely N-dealkylation sites (N-methyl/N-ethyl adjacent to an activating group) is 1. The number of halogens is 3. The van der Waals surface area contributed by atoms with Gasteiger partial charge in [-0.3, -0.25) is 0 Å². The van der Waals surface area contributed by atoms with E-state index in [1.165, 1.54) is 13.8 Å². The van der Waals surface area contributed by atoms with Gasteiger partial charge in [-0.2, -0.15) is 0 Å². The van der Waals surface area contributed by atoms with Crippen molar-refractivity contribution in [2.45, 2.75) is 26.3 Å². The monoisotopic (exact) mass is 304 g/mol. The number of urea groups is 1. The van der Waals surface area contributed by atoms with E-state index in [9.17, 15) is 22.8 Å². The molecule has 0 atom stereocenters. The SMILES string of the molecule is CCN(C(=O)Nc1cc(F)c(F)c(F)c1)C(C)(C)C(=O)O. The number of carboxylic acids is 1. The summed E-state index contributed by atoms with van der Waals surface area (Å²) in [6, 6.07) is 0.353. The maximum absolute atomic E-state index is 13.1. The lowest BCUT2D eigenvalue weighted by Gasteiger charge is -2.34. The second-order valence-corrected chi connectivity index (χ2v) is 4.79. The average molecular weight is 304 g/mol. The van der Waals surface area contributed by atoms with Gasteiger partial charge in [-0.15, -0.1) is 0 Å². The minimum Gasteiger partial charge on any atom is -0.480 e. The number of hydrogen-bond acceptors (Lipinski definition) is 2. The minimum atomic E-state index is -1.65. The van der Waals surface area contributed by atoms with Gasteiger partial charge in [-0.1, -0.05) is 0 Å². The lowest BCUT2D eigenvalue weighted by molar-refractivity contribution is -0.147. The molecule has 0 aliphatic carbocycles. The van der Waals surface area contributed by atoms with Crippen molar-refractivity contribution in [3.8, 4) is 0 Å². The summed E-state index contributed by atoms with van der Waals surface area (Å²) in [6.07, 6.45) is 0. The Morgan fingerprint density at radius 1 is 1.24 bits per heavy atom. The van der Waals surface area contributed by atoms with Gasteiger partial charge >= 0.3 is 12.0 Å². The maximum atomic E-state index is 13.1. The number of carbonyl (C=O) groups excluding carboxylic acids is 1. The van der Waals surface area contributed by atoms with E-state index in [-0.39, 0.29) is 12.2 Å². The first-order valence-electron chi connectivity index (χ1n) is 6.07. The number of carbonyl (C=O) groups is 2. The van der Waals surface area contributed by atoms with Crippen LogP contribution in [0.25, 0.3) is 0 Å². The summed E-state index contributed by atoms with van der Waals surface area (Å²) < 4.78 is 38.9. The Morgan fingerprint density at radius 3 is 2.10 bits per heavy atom. The molecule has 0 aliphatic rings. The molecule has 0 fully saturated rings. The van der Waals surface area contributed by atoms with Crippen molar-refractivity contribution in [2.24, 2.45) is 0 Å². The van der Waals surface area contributed by atoms with Gasteiger partial charge in [0.25, 0.3) is 0 Å². The third-order valence-corrected chi connectivity index (χ3v) is 2.99. The van der Waals surface area contributed by atoms with Crippen LogP contribution in [-0.4, -0.2) is 34.1 Å². The first kappa shape index (κ1) is 16.8. The highest BCUT2D eigenvalue weighted by molar-refractivity contribution is 5.93. The van der Waals surface area contributed by atoms with Gasteiger partial charge < -0.3 is 15.3 Å². The number of benzene rings is 1. The van der Waals surface area contributed by atoms with E-state index in [4.69, 9.17) is 5.11 Å². The number of nitrogens with zero attached hydrogens (tertiary/aromatic N) is 1. The molecule has 1 rings (SSSR count). The molecule has 21 heavy (non-hydrogen) atoms. The second kappa shape index (κ2) is 6.02. The zero-order chi connectivity index (χ0) is 16.4. The van der Waals surface area contributed by atoms with E-state index in [0.717, 1.165) is 4.90 Å². The van der Waals surface area contributed by atoms with Gasteiger partial charge in [0.2, 0.25) is 0 Å². The van der Waals surface area contributed by atoms with Gasteiger partial charge in [0.1, 0.15) is 5.54 Å². The van der Waals surface area contributed by atoms with Gasteiger partial charge in [0.15, 0.2) is 17.5 Å². The third-order valence-electron chi connectivity index (χ3n) is 2.99. The Bertz CT molecular complexity index is 553. The Kier molecular flexibility index (Phi) is 4.82. The molecule has 0 aromatic heterocycles. The molecule has 0 saturated carbocycles. The highest BCUT2D eigenvalue weighted by atomic mass is 19.2. The number of nitrogens with one attached hydrogen (secondary N) is 1. The van der Waals surface area contributed by atoms with Crippen molar-refractivity contribution in [3.05, 3.63) is 29.6 Å². The zero-order valence-corrected chi connectivity index (χ0v) is 11.7. The number of anilines is 1. The van der Waals surface area contributed by atoms with Crippen molar-refractivity contribution < 1.29 is 27.9 Å². The van der Waals surface area contributed by atoms with Crippen LogP contribution in [0.4, 0.5) is 23.7 Å². The Balaban J connectivity index is 3.02. The number of aliphatic carboxylic acids is 1. The highest BCUT2D eigenvalue weighted by Crippen LogP contribution is 2.20. The number of rotatable bonds is 4. The van der Waals surface area contributed by atoms with Crippen LogP contribution in [-0.2, 0) is 4.79 Å². The molecule has 1 aromatic carbocycles. The minimum absolute atomic E-state index is 0.0529. The van der Waals surface area contributed by atoms with E-state index in [0.29, 0.717) is 12.1 Å². The van der Waals surface area contributed by atoms with Gasteiger partial charge in [0.05, 0.1) is 0 Å². The fraction of sp³-hybridized carbons (Fsp3) is 0.385. The molecule has 0 bridgehead atoms. The molecule has 5 nitrogen and oxygen atoms in total. The lowest BCUT2D eigenvalue weighted by atomic mass is 10.0. The van der Waals surface area contributed by atoms with Crippen LogP contribution in [0.3, 0.4) is 0 Å². The molecular formula is C13H15F3N2O3. The van der Waals surface area contributed by atoms with Crippen LogP contribution in [0.1, 0.15) is 20.8 Å². The fourth-order valence-corrected chi connectivity index (χ4v) is 1.73. The zero-order valence-electron chi connectivity index (χ0n) is 11.7. The van der Waals surface area contributed by atoms with Crippen molar-refractivity contribution in [1.82, 2.24) is 4.90 Å². The first-order chi connectivity index (χ1) is 9.61. The summed E-state index contributed by atoms with van der Waals surface area (Å²) in [5.74, 6) is -5.79. The van der Waals surface area contributed by atoms with Crippen LogP contribution in [0, 0.1) is 17.5 Å². The number of hydrogen-bond donors (Lipinski definition) is 2. The lowest BCUT2D eigenvalue weighted by Crippen LogP contribution is -2.54. The largest absolute Gasteiger partial charge is 0.480 e. The van der Waals surface area contributed by atoms with E-state index in [1.807, 2.05) is 0 Å². The maximum Gasteiger partial charge on any atom is 0.329 e. The summed E-state index contributed by atoms with van der Waals surface area (Å²) in [5, 5.41) is 11.2. The summed E-state index contributed by atoms with van der Waals surface area (Å²) >= 11 is 0. The predicted octanol–water partition coefficient (Wildman–Crippen LogP) is 2.82. The van der Waals surface area contributed by atoms with E-state index < -0.39 is 35.0 Å². The van der Waals surface area contributed by atoms with Crippen molar-refractivity contribution in [1.29, 1.82) is 0 Å². The third kappa shape index (κ3) is 3.45. The molecule has 0 spiro atoms. The number of amides is 2. The first-order valence-corrected chi connectivity index (χ1v) is 6.07. The van der Waals surface area contributed by atoms with E-state index in [2.05, 4.69) is 5.32 Å². The topological polar surface area (TPSA) is 69.6 Å². The van der Waals surface area contributed by atoms with E-state index >= 15 is 0 Å². The summed E-state index contributed by atoms with van der Waals surface area (Å²) in [4.78, 5) is 24.1. The Hall–Kier alpha value is -2.25. The molecule has 0 heterocycles. The average Bonchev–Trinajstić information content (AvgIpc) is 2.36. The smallest absolute Gasteiger partial charge is 0.329 e. The van der Waals surface area contributed by atoms with Crippen LogP contribution >= 0.6 is 0 Å². The van der Waals surface area contributed by atoms with Crippen molar-refractivity contribution in [2.75, 3.05) is 11.9 Å². The predicted molar refractivity (Wildman–Crippen MR) is 69.4 cm³/mol. The molecule has 0 saturated heterocycles. The van der Waals surface area contributed by atoms with E-state index in [1.54, 1.807) is 6.92 Å². The van der Waals surface area contributed by atoms with Gasteiger partial charge in [-0.05, 0) is 20.8 Å². The van der Waals surface area contributed by atoms with Gasteiger partial charge in [-0.25, -0.2) is 22.8 Å². The molecule has 0 radical (unpaired) electrons. The van der Waals surface area contributed by atoms with Crippen LogP contribution in [0.2, 0.25) is 0 Å². The molecule has 1 aromatic rings. The van der Waals surface area contributed by atoms with Crippen LogP contribution in [0.5, 0.6) is 0 Å². The standard InChI is InChI=1S/C13H15F3N2O3/c1-4-18(13(2,3)11(19)20)12(21)17-7-5-8(14)10(16)9(15)6-7/h5-6H,4H2,1-3H3,(H,17,21)(H,19,20). The summed E-state index contributed by atoms with van der Waals surface area (Å²) in [7, 11) is 0. The van der Waals surface area contributed by atoms with Crippen molar-refractivity contribution in [3.63, 3.8) is 0 Å². The molecule has 0 unspecified atom stereocenters. The van der Waals surface area contributed by atoms with Gasteiger partial charge in [0, 0.05) is 24.4 Å². The molecule has 2 N–H and O–H groups in total. The number of carboxylic acid groups (broad SMARTS) is 1. The molecule has 0 aliphatic heterocycles. The molecule has 116 valence electrons. The molecule has 2 amide bonds. The second-order valence-electron chi connectivity index (χ2n) is 4.79. The fourth-order valence-electron chi connectivity index (χ4n) is 1.73. The quantitative estimate of drug-likeness (QED) is 0.840. The summed E-state index contributed by atoms with van der Waals surface area (Å²) in [5.41, 5.74) is -1.83. The molecular weight excluding hydrogens is 289 g/mol.